The molecule has 0 aliphatic rings. The van der Waals surface area contributed by atoms with Crippen LogP contribution in [0.5, 0.6) is 0 Å². The lowest BCUT2D eigenvalue weighted by molar-refractivity contribution is -0.121. The van der Waals surface area contributed by atoms with Crippen LogP contribution in [0.1, 0.15) is 35.5 Å². The number of hydrogen-bond donors (Lipinski definition) is 2. The van der Waals surface area contributed by atoms with Gasteiger partial charge in [0.2, 0.25) is 5.91 Å². The molecule has 1 aromatic heterocycles. The zero-order valence-electron chi connectivity index (χ0n) is 14.9. The van der Waals surface area contributed by atoms with E-state index in [1.807, 2.05) is 56.3 Å². The number of benzene rings is 1. The molecule has 134 valence electrons. The summed E-state index contributed by atoms with van der Waals surface area (Å²) < 4.78 is 5.42. The Balaban J connectivity index is 1.80. The third-order valence-electron chi connectivity index (χ3n) is 3.89. The molecule has 6 nitrogen and oxygen atoms in total. The molecule has 2 aromatic rings. The fraction of sp³-hybridized carbons (Fsp3) is 0.368. The molecule has 0 saturated carbocycles. The number of carbonyl (C=O) groups is 2. The van der Waals surface area contributed by atoms with Gasteiger partial charge >= 0.3 is 0 Å². The highest BCUT2D eigenvalue weighted by molar-refractivity contribution is 5.94. The third kappa shape index (κ3) is 5.76. The van der Waals surface area contributed by atoms with Crippen LogP contribution in [0.3, 0.4) is 0 Å². The van der Waals surface area contributed by atoms with E-state index in [2.05, 4.69) is 10.6 Å². The number of rotatable bonds is 8. The minimum Gasteiger partial charge on any atom is -0.468 e. The van der Waals surface area contributed by atoms with Crippen molar-refractivity contribution in [3.63, 3.8) is 0 Å². The van der Waals surface area contributed by atoms with Crippen molar-refractivity contribution in [2.75, 3.05) is 20.6 Å². The number of furan rings is 1. The number of amides is 2. The van der Waals surface area contributed by atoms with Gasteiger partial charge < -0.3 is 15.1 Å². The lowest BCUT2D eigenvalue weighted by Gasteiger charge is -2.23. The van der Waals surface area contributed by atoms with Crippen molar-refractivity contribution in [3.05, 3.63) is 60.1 Å². The van der Waals surface area contributed by atoms with Crippen molar-refractivity contribution < 1.29 is 14.0 Å². The quantitative estimate of drug-likeness (QED) is 0.771. The van der Waals surface area contributed by atoms with Gasteiger partial charge in [0.05, 0.1) is 12.3 Å². The minimum atomic E-state index is -0.255. The van der Waals surface area contributed by atoms with E-state index in [1.54, 1.807) is 18.4 Å². The average molecular weight is 343 g/mol. The summed E-state index contributed by atoms with van der Waals surface area (Å²) in [5, 5.41) is 5.74. The van der Waals surface area contributed by atoms with Gasteiger partial charge in [0.15, 0.2) is 0 Å². The first-order chi connectivity index (χ1) is 12.0. The average Bonchev–Trinajstić information content (AvgIpc) is 3.09. The Kier molecular flexibility index (Phi) is 6.77. The summed E-state index contributed by atoms with van der Waals surface area (Å²) in [4.78, 5) is 26.2. The van der Waals surface area contributed by atoms with E-state index >= 15 is 0 Å². The Hall–Kier alpha value is -2.60. The third-order valence-corrected chi connectivity index (χ3v) is 3.89. The largest absolute Gasteiger partial charge is 0.468 e. The zero-order valence-corrected chi connectivity index (χ0v) is 14.9. The highest BCUT2D eigenvalue weighted by Crippen LogP contribution is 2.17. The first-order valence-electron chi connectivity index (χ1n) is 8.30. The molecule has 0 radical (unpaired) electrons. The molecule has 0 bridgehead atoms. The van der Waals surface area contributed by atoms with E-state index in [4.69, 9.17) is 4.42 Å². The summed E-state index contributed by atoms with van der Waals surface area (Å²) in [6.45, 7) is 2.26. The Morgan fingerprint density at radius 3 is 2.44 bits per heavy atom. The van der Waals surface area contributed by atoms with E-state index in [0.29, 0.717) is 12.1 Å². The Bertz CT molecular complexity index is 668. The molecule has 6 heteroatoms. The molecule has 2 N–H and O–H groups in total. The SMILES string of the molecule is CC(CC(=O)NCC(c1ccco1)N(C)C)NC(=O)c1ccccc1. The lowest BCUT2D eigenvalue weighted by atomic mass is 10.1. The molecule has 0 aliphatic carbocycles. The number of nitrogens with zero attached hydrogens (tertiary/aromatic N) is 1. The van der Waals surface area contributed by atoms with Crippen molar-refractivity contribution >= 4 is 11.8 Å². The zero-order chi connectivity index (χ0) is 18.2. The summed E-state index contributed by atoms with van der Waals surface area (Å²) in [6.07, 6.45) is 1.84. The van der Waals surface area contributed by atoms with Gasteiger partial charge in [0.25, 0.3) is 5.91 Å². The van der Waals surface area contributed by atoms with Crippen molar-refractivity contribution in [2.45, 2.75) is 25.4 Å². The fourth-order valence-corrected chi connectivity index (χ4v) is 2.53. The van der Waals surface area contributed by atoms with Gasteiger partial charge in [-0.25, -0.2) is 0 Å². The van der Waals surface area contributed by atoms with Crippen molar-refractivity contribution in [2.24, 2.45) is 0 Å². The molecule has 25 heavy (non-hydrogen) atoms. The fourth-order valence-electron chi connectivity index (χ4n) is 2.53. The predicted octanol–water partition coefficient (Wildman–Crippen LogP) is 2.21. The van der Waals surface area contributed by atoms with Gasteiger partial charge in [-0.1, -0.05) is 18.2 Å². The second-order valence-electron chi connectivity index (χ2n) is 6.24. The van der Waals surface area contributed by atoms with E-state index in [-0.39, 0.29) is 30.3 Å². The van der Waals surface area contributed by atoms with Crippen LogP contribution in [-0.2, 0) is 4.79 Å². The lowest BCUT2D eigenvalue weighted by Crippen LogP contribution is -2.39. The monoisotopic (exact) mass is 343 g/mol. The van der Waals surface area contributed by atoms with Crippen LogP contribution >= 0.6 is 0 Å². The molecule has 0 aliphatic heterocycles. The molecule has 2 rings (SSSR count). The molecule has 0 saturated heterocycles. The predicted molar refractivity (Wildman–Crippen MR) is 96.1 cm³/mol. The first kappa shape index (κ1) is 18.7. The highest BCUT2D eigenvalue weighted by Gasteiger charge is 2.19. The minimum absolute atomic E-state index is 0.0341. The number of carbonyl (C=O) groups excluding carboxylic acids is 2. The molecule has 2 atom stereocenters. The second kappa shape index (κ2) is 9.03. The van der Waals surface area contributed by atoms with E-state index in [1.165, 1.54) is 0 Å². The molecular weight excluding hydrogens is 318 g/mol. The summed E-state index contributed by atoms with van der Waals surface area (Å²) in [5.74, 6) is 0.512. The van der Waals surface area contributed by atoms with E-state index in [0.717, 1.165) is 5.76 Å². The second-order valence-corrected chi connectivity index (χ2v) is 6.24. The van der Waals surface area contributed by atoms with Crippen molar-refractivity contribution in [1.82, 2.24) is 15.5 Å². The van der Waals surface area contributed by atoms with Crippen LogP contribution in [0.4, 0.5) is 0 Å². The van der Waals surface area contributed by atoms with Gasteiger partial charge in [-0.3, -0.25) is 14.5 Å². The van der Waals surface area contributed by atoms with Gasteiger partial charge in [0, 0.05) is 24.6 Å². The maximum absolute atomic E-state index is 12.2. The summed E-state index contributed by atoms with van der Waals surface area (Å²) in [6, 6.07) is 12.4. The Morgan fingerprint density at radius 1 is 1.12 bits per heavy atom. The smallest absolute Gasteiger partial charge is 0.251 e. The molecule has 1 aromatic carbocycles. The number of hydrogen-bond acceptors (Lipinski definition) is 4. The summed E-state index contributed by atoms with van der Waals surface area (Å²) in [5.41, 5.74) is 0.584. The maximum atomic E-state index is 12.2. The van der Waals surface area contributed by atoms with E-state index in [9.17, 15) is 9.59 Å². The Morgan fingerprint density at radius 2 is 1.84 bits per heavy atom. The standard InChI is InChI=1S/C19H25N3O3/c1-14(21-19(24)15-8-5-4-6-9-15)12-18(23)20-13-16(22(2)3)17-10-7-11-25-17/h4-11,14,16H,12-13H2,1-3H3,(H,20,23)(H,21,24). The van der Waals surface area contributed by atoms with E-state index < -0.39 is 0 Å². The molecular formula is C19H25N3O3. The summed E-state index contributed by atoms with van der Waals surface area (Å²) in [7, 11) is 3.87. The first-order valence-corrected chi connectivity index (χ1v) is 8.30. The van der Waals surface area contributed by atoms with Crippen LogP contribution in [0, 0.1) is 0 Å². The van der Waals surface area contributed by atoms with Crippen LogP contribution in [-0.4, -0.2) is 43.4 Å². The molecule has 2 amide bonds. The van der Waals surface area contributed by atoms with Gasteiger partial charge in [0.1, 0.15) is 5.76 Å². The van der Waals surface area contributed by atoms with Crippen LogP contribution in [0.2, 0.25) is 0 Å². The topological polar surface area (TPSA) is 74.6 Å². The molecule has 0 spiro atoms. The summed E-state index contributed by atoms with van der Waals surface area (Å²) >= 11 is 0. The van der Waals surface area contributed by atoms with Crippen LogP contribution in [0.25, 0.3) is 0 Å². The van der Waals surface area contributed by atoms with Gasteiger partial charge in [-0.2, -0.15) is 0 Å². The maximum Gasteiger partial charge on any atom is 0.251 e. The van der Waals surface area contributed by atoms with Crippen LogP contribution < -0.4 is 10.6 Å². The van der Waals surface area contributed by atoms with Crippen molar-refractivity contribution in [1.29, 1.82) is 0 Å². The van der Waals surface area contributed by atoms with Crippen LogP contribution in [0.15, 0.2) is 53.1 Å². The normalized spacial score (nSPS) is 13.3. The van der Waals surface area contributed by atoms with Gasteiger partial charge in [-0.05, 0) is 45.3 Å². The van der Waals surface area contributed by atoms with Crippen molar-refractivity contribution in [3.8, 4) is 0 Å². The Labute approximate surface area is 148 Å². The molecule has 2 unspecified atom stereocenters. The van der Waals surface area contributed by atoms with Gasteiger partial charge in [-0.15, -0.1) is 0 Å². The molecule has 1 heterocycles. The molecule has 0 fully saturated rings. The number of nitrogens with one attached hydrogen (secondary N) is 2. The number of likely N-dealkylation sites (N-methyl/N-ethyl adjacent to an activating group) is 1. The highest BCUT2D eigenvalue weighted by atomic mass is 16.3.